The van der Waals surface area contributed by atoms with Gasteiger partial charge in [0.1, 0.15) is 11.4 Å². The first kappa shape index (κ1) is 19.6. The Kier molecular flexibility index (Phi) is 6.29. The van der Waals surface area contributed by atoms with Gasteiger partial charge in [0.15, 0.2) is 6.54 Å². The van der Waals surface area contributed by atoms with Crippen molar-refractivity contribution in [2.75, 3.05) is 32.1 Å². The van der Waals surface area contributed by atoms with E-state index in [0.717, 1.165) is 42.5 Å². The van der Waals surface area contributed by atoms with Crippen molar-refractivity contribution in [1.29, 1.82) is 0 Å². The summed E-state index contributed by atoms with van der Waals surface area (Å²) >= 11 is 1.30. The van der Waals surface area contributed by atoms with Crippen LogP contribution in [0.5, 0.6) is 0 Å². The number of carbonyl (C=O) groups is 2. The smallest absolute Gasteiger partial charge is 0.350 e. The third-order valence-corrected chi connectivity index (χ3v) is 6.29. The van der Waals surface area contributed by atoms with Gasteiger partial charge >= 0.3 is 5.97 Å². The normalized spacial score (nSPS) is 15.9. The van der Waals surface area contributed by atoms with Crippen LogP contribution >= 0.6 is 11.3 Å². The van der Waals surface area contributed by atoms with Crippen molar-refractivity contribution in [3.63, 3.8) is 0 Å². The summed E-state index contributed by atoms with van der Waals surface area (Å²) in [5.74, 6) is -0.450. The summed E-state index contributed by atoms with van der Waals surface area (Å²) in [6, 6.07) is 10.4. The van der Waals surface area contributed by atoms with Crippen LogP contribution in [0.25, 0.3) is 0 Å². The average Bonchev–Trinajstić information content (AvgIpc) is 3.03. The minimum absolute atomic E-state index is 0.0421. The van der Waals surface area contributed by atoms with E-state index < -0.39 is 5.97 Å². The second-order valence-electron chi connectivity index (χ2n) is 7.31. The van der Waals surface area contributed by atoms with E-state index in [1.807, 2.05) is 30.5 Å². The van der Waals surface area contributed by atoms with E-state index >= 15 is 0 Å². The van der Waals surface area contributed by atoms with Crippen molar-refractivity contribution in [1.82, 2.24) is 0 Å². The maximum absolute atomic E-state index is 12.9. The topological polar surface area (TPSA) is 55.4 Å². The van der Waals surface area contributed by atoms with Crippen LogP contribution in [-0.2, 0) is 16.1 Å². The quantitative estimate of drug-likeness (QED) is 0.602. The van der Waals surface area contributed by atoms with Gasteiger partial charge in [-0.25, -0.2) is 4.79 Å². The number of nitrogens with one attached hydrogen (secondary N) is 1. The third kappa shape index (κ3) is 4.76. The van der Waals surface area contributed by atoms with Gasteiger partial charge in [-0.1, -0.05) is 30.3 Å². The number of hydrogen-bond donors (Lipinski definition) is 1. The molecular weight excluding hydrogens is 360 g/mol. The van der Waals surface area contributed by atoms with Crippen LogP contribution in [0.4, 0.5) is 5.69 Å². The lowest BCUT2D eigenvalue weighted by Crippen LogP contribution is -2.54. The molecule has 1 fully saturated rings. The van der Waals surface area contributed by atoms with Crippen LogP contribution in [-0.4, -0.2) is 43.1 Å². The van der Waals surface area contributed by atoms with E-state index in [0.29, 0.717) is 17.1 Å². The summed E-state index contributed by atoms with van der Waals surface area (Å²) < 4.78 is 5.61. The van der Waals surface area contributed by atoms with Crippen molar-refractivity contribution < 1.29 is 18.8 Å². The molecule has 1 aromatic carbocycles. The third-order valence-electron chi connectivity index (χ3n) is 5.21. The maximum Gasteiger partial charge on any atom is 0.350 e. The number of piperidine rings is 1. The van der Waals surface area contributed by atoms with Gasteiger partial charge < -0.3 is 14.5 Å². The number of benzene rings is 1. The number of carbonyl (C=O) groups excluding carboxylic acids is 2. The monoisotopic (exact) mass is 387 g/mol. The number of methoxy groups -OCH3 is 1. The Morgan fingerprint density at radius 3 is 2.52 bits per heavy atom. The zero-order valence-corrected chi connectivity index (χ0v) is 16.8. The van der Waals surface area contributed by atoms with Crippen LogP contribution < -0.4 is 5.32 Å². The molecule has 0 atom stereocenters. The number of amides is 1. The molecule has 0 bridgehead atoms. The number of rotatable bonds is 6. The highest BCUT2D eigenvalue weighted by Gasteiger charge is 2.33. The molecular formula is C21H27N2O3S+. The molecule has 1 aliphatic heterocycles. The maximum atomic E-state index is 12.9. The second-order valence-corrected chi connectivity index (χ2v) is 8.19. The summed E-state index contributed by atoms with van der Waals surface area (Å²) in [5.41, 5.74) is 2.74. The number of ether oxygens (including phenoxy) is 1. The number of nitrogens with zero attached hydrogens (tertiary/aromatic N) is 1. The zero-order valence-electron chi connectivity index (χ0n) is 16.0. The van der Waals surface area contributed by atoms with Gasteiger partial charge in [-0.2, -0.15) is 0 Å². The summed E-state index contributed by atoms with van der Waals surface area (Å²) in [5, 5.41) is 4.86. The molecule has 0 aliphatic carbocycles. The minimum Gasteiger partial charge on any atom is -0.465 e. The second kappa shape index (κ2) is 8.67. The Morgan fingerprint density at radius 2 is 1.85 bits per heavy atom. The highest BCUT2D eigenvalue weighted by Crippen LogP contribution is 2.29. The molecule has 2 heterocycles. The molecule has 27 heavy (non-hydrogen) atoms. The Labute approximate surface area is 164 Å². The lowest BCUT2D eigenvalue weighted by Gasteiger charge is -2.41. The summed E-state index contributed by atoms with van der Waals surface area (Å²) in [6.45, 7) is 5.20. The molecule has 1 amide bonds. The van der Waals surface area contributed by atoms with Gasteiger partial charge in [-0.05, 0) is 37.1 Å². The van der Waals surface area contributed by atoms with Gasteiger partial charge in [0.25, 0.3) is 5.91 Å². The van der Waals surface area contributed by atoms with Crippen molar-refractivity contribution in [3.8, 4) is 0 Å². The lowest BCUT2D eigenvalue weighted by atomic mass is 10.0. The van der Waals surface area contributed by atoms with E-state index in [-0.39, 0.29) is 5.91 Å². The predicted molar refractivity (Wildman–Crippen MR) is 108 cm³/mol. The molecule has 6 heteroatoms. The van der Waals surface area contributed by atoms with E-state index in [1.165, 1.54) is 30.4 Å². The molecule has 0 unspecified atom stereocenters. The molecule has 1 aromatic heterocycles. The van der Waals surface area contributed by atoms with E-state index in [2.05, 4.69) is 17.4 Å². The number of anilines is 1. The summed E-state index contributed by atoms with van der Waals surface area (Å²) in [6.07, 6.45) is 3.52. The van der Waals surface area contributed by atoms with Crippen LogP contribution in [0.3, 0.4) is 0 Å². The molecule has 1 N–H and O–H groups in total. The zero-order chi connectivity index (χ0) is 19.3. The molecule has 5 nitrogen and oxygen atoms in total. The van der Waals surface area contributed by atoms with E-state index in [1.54, 1.807) is 0 Å². The van der Waals surface area contributed by atoms with Crippen molar-refractivity contribution in [2.45, 2.75) is 32.7 Å². The van der Waals surface area contributed by atoms with Gasteiger partial charge in [0.05, 0.1) is 25.9 Å². The number of likely N-dealkylation sites (tertiary alicyclic amines) is 1. The fraction of sp³-hybridized carbons (Fsp3) is 0.429. The van der Waals surface area contributed by atoms with Crippen LogP contribution in [0.1, 0.15) is 40.1 Å². The van der Waals surface area contributed by atoms with Gasteiger partial charge in [0, 0.05) is 5.56 Å². The molecule has 1 aliphatic rings. The molecule has 0 radical (unpaired) electrons. The van der Waals surface area contributed by atoms with Crippen LogP contribution in [0, 0.1) is 6.92 Å². The molecule has 144 valence electrons. The molecule has 1 saturated heterocycles. The lowest BCUT2D eigenvalue weighted by molar-refractivity contribution is -0.937. The van der Waals surface area contributed by atoms with E-state index in [9.17, 15) is 9.59 Å². The summed E-state index contributed by atoms with van der Waals surface area (Å²) in [4.78, 5) is 25.3. The fourth-order valence-corrected chi connectivity index (χ4v) is 4.77. The van der Waals surface area contributed by atoms with Crippen LogP contribution in [0.15, 0.2) is 35.7 Å². The first-order chi connectivity index (χ1) is 13.0. The van der Waals surface area contributed by atoms with E-state index in [4.69, 9.17) is 4.74 Å². The first-order valence-electron chi connectivity index (χ1n) is 9.38. The Morgan fingerprint density at radius 1 is 1.15 bits per heavy atom. The highest BCUT2D eigenvalue weighted by atomic mass is 32.1. The molecule has 0 saturated carbocycles. The fourth-order valence-electron chi connectivity index (χ4n) is 3.85. The molecule has 2 aromatic rings. The SMILES string of the molecule is COC(=O)c1scc(C)c1NC(=O)C[N+]1(Cc2ccccc2)CCCCC1. The van der Waals surface area contributed by atoms with Crippen molar-refractivity contribution >= 4 is 28.9 Å². The number of esters is 1. The Hall–Kier alpha value is -2.18. The number of aryl methyl sites for hydroxylation is 1. The highest BCUT2D eigenvalue weighted by molar-refractivity contribution is 7.12. The van der Waals surface area contributed by atoms with Crippen LogP contribution in [0.2, 0.25) is 0 Å². The van der Waals surface area contributed by atoms with Gasteiger partial charge in [-0.15, -0.1) is 11.3 Å². The van der Waals surface area contributed by atoms with Gasteiger partial charge in [-0.3, -0.25) is 4.79 Å². The molecule has 3 rings (SSSR count). The van der Waals surface area contributed by atoms with Gasteiger partial charge in [0.2, 0.25) is 0 Å². The Bertz CT molecular complexity index is 795. The largest absolute Gasteiger partial charge is 0.465 e. The minimum atomic E-state index is -0.408. The molecule has 0 spiro atoms. The standard InChI is InChI=1S/C21H26N2O3S/c1-16-15-27-20(21(25)26-2)19(16)22-18(24)14-23(11-7-4-8-12-23)13-17-9-5-3-6-10-17/h3,5-6,9-10,15H,4,7-8,11-14H2,1-2H3/p+1. The first-order valence-corrected chi connectivity index (χ1v) is 10.3. The van der Waals surface area contributed by atoms with Crippen molar-refractivity contribution in [3.05, 3.63) is 51.7 Å². The van der Waals surface area contributed by atoms with Crippen molar-refractivity contribution in [2.24, 2.45) is 0 Å². The number of quaternary nitrogens is 1. The Balaban J connectivity index is 1.76. The summed E-state index contributed by atoms with van der Waals surface area (Å²) in [7, 11) is 1.36. The average molecular weight is 388 g/mol. The number of hydrogen-bond acceptors (Lipinski definition) is 4. The number of thiophene rings is 1. The predicted octanol–water partition coefficient (Wildman–Crippen LogP) is 3.98.